The first-order valence-corrected chi connectivity index (χ1v) is 11.5. The Labute approximate surface area is 195 Å². The lowest BCUT2D eigenvalue weighted by atomic mass is 10.2. The molecule has 2 aromatic carbocycles. The molecule has 0 atom stereocenters. The number of carbonyl (C=O) groups is 1. The van der Waals surface area contributed by atoms with Crippen molar-refractivity contribution in [1.29, 1.82) is 0 Å². The van der Waals surface area contributed by atoms with E-state index in [1.54, 1.807) is 12.1 Å². The van der Waals surface area contributed by atoms with Crippen molar-refractivity contribution >= 4 is 11.6 Å². The number of aryl methyl sites for hydroxylation is 3. The van der Waals surface area contributed by atoms with Gasteiger partial charge in [-0.3, -0.25) is 9.69 Å². The Morgan fingerprint density at radius 2 is 1.85 bits per heavy atom. The molecule has 0 aliphatic carbocycles. The van der Waals surface area contributed by atoms with Crippen molar-refractivity contribution in [2.45, 2.75) is 27.4 Å². The average Bonchev–Trinajstić information content (AvgIpc) is 3.15. The standard InChI is InChI=1S/C26H32N4O3/c1-19-6-4-8-23(16-19)30-14-12-29(13-15-30)11-10-27-26(31)22-7-5-9-24(17-22)32-18-25-20(2)28-33-21(25)3/h4-9,16-17H,10-15,18H2,1-3H3,(H,27,31). The van der Waals surface area contributed by atoms with E-state index in [1.165, 1.54) is 11.3 Å². The first-order valence-electron chi connectivity index (χ1n) is 11.5. The molecule has 1 aliphatic rings. The van der Waals surface area contributed by atoms with E-state index in [1.807, 2.05) is 26.0 Å². The predicted octanol–water partition coefficient (Wildman–Crippen LogP) is 3.73. The van der Waals surface area contributed by atoms with Gasteiger partial charge in [0, 0.05) is 50.5 Å². The van der Waals surface area contributed by atoms with Crippen LogP contribution in [0.15, 0.2) is 53.1 Å². The summed E-state index contributed by atoms with van der Waals surface area (Å²) in [5, 5.41) is 6.98. The molecular weight excluding hydrogens is 416 g/mol. The average molecular weight is 449 g/mol. The number of rotatable bonds is 8. The van der Waals surface area contributed by atoms with Crippen molar-refractivity contribution < 1.29 is 14.1 Å². The summed E-state index contributed by atoms with van der Waals surface area (Å²) in [7, 11) is 0. The van der Waals surface area contributed by atoms with Crippen LogP contribution < -0.4 is 15.0 Å². The summed E-state index contributed by atoms with van der Waals surface area (Å²) in [5.74, 6) is 1.31. The fourth-order valence-corrected chi connectivity index (χ4v) is 4.07. The van der Waals surface area contributed by atoms with Crippen molar-refractivity contribution in [3.8, 4) is 5.75 Å². The number of hydrogen-bond acceptors (Lipinski definition) is 6. The highest BCUT2D eigenvalue weighted by atomic mass is 16.5. The molecule has 2 heterocycles. The van der Waals surface area contributed by atoms with Crippen LogP contribution in [0, 0.1) is 20.8 Å². The summed E-state index contributed by atoms with van der Waals surface area (Å²) in [6, 6.07) is 15.9. The van der Waals surface area contributed by atoms with Gasteiger partial charge in [-0.15, -0.1) is 0 Å². The minimum absolute atomic E-state index is 0.0869. The Kier molecular flexibility index (Phi) is 7.29. The Morgan fingerprint density at radius 3 is 2.58 bits per heavy atom. The number of anilines is 1. The summed E-state index contributed by atoms with van der Waals surface area (Å²) in [5.41, 5.74) is 4.93. The van der Waals surface area contributed by atoms with E-state index in [-0.39, 0.29) is 5.91 Å². The highest BCUT2D eigenvalue weighted by Gasteiger charge is 2.17. The lowest BCUT2D eigenvalue weighted by molar-refractivity contribution is 0.0947. The number of carbonyl (C=O) groups excluding carboxylic acids is 1. The van der Waals surface area contributed by atoms with Gasteiger partial charge in [-0.25, -0.2) is 0 Å². The maximum atomic E-state index is 12.6. The van der Waals surface area contributed by atoms with Crippen molar-refractivity contribution in [3.05, 3.63) is 76.7 Å². The third-order valence-corrected chi connectivity index (χ3v) is 6.11. The Hall–Kier alpha value is -3.32. The van der Waals surface area contributed by atoms with Gasteiger partial charge in [0.05, 0.1) is 11.3 Å². The van der Waals surface area contributed by atoms with Gasteiger partial charge >= 0.3 is 0 Å². The smallest absolute Gasteiger partial charge is 0.251 e. The molecule has 4 rings (SSSR count). The van der Waals surface area contributed by atoms with Crippen LogP contribution in [0.1, 0.15) is 32.9 Å². The first kappa shape index (κ1) is 22.9. The molecule has 0 radical (unpaired) electrons. The zero-order chi connectivity index (χ0) is 23.2. The first-order chi connectivity index (χ1) is 16.0. The lowest BCUT2D eigenvalue weighted by Crippen LogP contribution is -2.48. The van der Waals surface area contributed by atoms with E-state index in [0.717, 1.165) is 49.7 Å². The molecule has 0 bridgehead atoms. The maximum Gasteiger partial charge on any atom is 0.251 e. The molecule has 1 saturated heterocycles. The largest absolute Gasteiger partial charge is 0.489 e. The highest BCUT2D eigenvalue weighted by Crippen LogP contribution is 2.19. The molecule has 33 heavy (non-hydrogen) atoms. The fourth-order valence-electron chi connectivity index (χ4n) is 4.07. The van der Waals surface area contributed by atoms with Gasteiger partial charge in [0.2, 0.25) is 0 Å². The molecular formula is C26H32N4O3. The van der Waals surface area contributed by atoms with E-state index in [2.05, 4.69) is 51.5 Å². The molecule has 1 N–H and O–H groups in total. The normalized spacial score (nSPS) is 14.3. The summed E-state index contributed by atoms with van der Waals surface area (Å²) >= 11 is 0. The van der Waals surface area contributed by atoms with Crippen LogP contribution in [-0.2, 0) is 6.61 Å². The Bertz CT molecular complexity index is 1070. The Balaban J connectivity index is 1.21. The van der Waals surface area contributed by atoms with Crippen molar-refractivity contribution in [2.24, 2.45) is 0 Å². The minimum atomic E-state index is -0.0869. The monoisotopic (exact) mass is 448 g/mol. The zero-order valence-corrected chi connectivity index (χ0v) is 19.6. The van der Waals surface area contributed by atoms with Gasteiger partial charge in [0.1, 0.15) is 18.1 Å². The van der Waals surface area contributed by atoms with Gasteiger partial charge in [-0.1, -0.05) is 23.4 Å². The van der Waals surface area contributed by atoms with Crippen molar-refractivity contribution in [2.75, 3.05) is 44.2 Å². The van der Waals surface area contributed by atoms with E-state index in [0.29, 0.717) is 24.5 Å². The van der Waals surface area contributed by atoms with Crippen LogP contribution in [0.3, 0.4) is 0 Å². The fraction of sp³-hybridized carbons (Fsp3) is 0.385. The van der Waals surface area contributed by atoms with Gasteiger partial charge in [0.25, 0.3) is 5.91 Å². The summed E-state index contributed by atoms with van der Waals surface area (Å²) in [6.07, 6.45) is 0. The third-order valence-electron chi connectivity index (χ3n) is 6.11. The number of aromatic nitrogens is 1. The SMILES string of the molecule is Cc1cccc(N2CCN(CCNC(=O)c3cccc(OCc4c(C)noc4C)c3)CC2)c1. The number of nitrogens with zero attached hydrogens (tertiary/aromatic N) is 3. The van der Waals surface area contributed by atoms with Gasteiger partial charge < -0.3 is 19.5 Å². The van der Waals surface area contributed by atoms with E-state index < -0.39 is 0 Å². The van der Waals surface area contributed by atoms with Crippen LogP contribution in [0.2, 0.25) is 0 Å². The van der Waals surface area contributed by atoms with Gasteiger partial charge in [0.15, 0.2) is 0 Å². The molecule has 1 fully saturated rings. The van der Waals surface area contributed by atoms with E-state index in [4.69, 9.17) is 9.26 Å². The number of benzene rings is 2. The molecule has 3 aromatic rings. The van der Waals surface area contributed by atoms with Crippen LogP contribution in [0.25, 0.3) is 0 Å². The van der Waals surface area contributed by atoms with Crippen molar-refractivity contribution in [1.82, 2.24) is 15.4 Å². The van der Waals surface area contributed by atoms with Crippen LogP contribution in [-0.4, -0.2) is 55.2 Å². The van der Waals surface area contributed by atoms with Crippen LogP contribution in [0.4, 0.5) is 5.69 Å². The molecule has 7 heteroatoms. The summed E-state index contributed by atoms with van der Waals surface area (Å²) in [4.78, 5) is 17.5. The summed E-state index contributed by atoms with van der Waals surface area (Å²) in [6.45, 7) is 11.7. The molecule has 1 aliphatic heterocycles. The topological polar surface area (TPSA) is 70.8 Å². The van der Waals surface area contributed by atoms with E-state index in [9.17, 15) is 4.79 Å². The Morgan fingerprint density at radius 1 is 1.06 bits per heavy atom. The quantitative estimate of drug-likeness (QED) is 0.566. The van der Waals surface area contributed by atoms with E-state index >= 15 is 0 Å². The number of amides is 1. The minimum Gasteiger partial charge on any atom is -0.489 e. The number of piperazine rings is 1. The lowest BCUT2D eigenvalue weighted by Gasteiger charge is -2.36. The van der Waals surface area contributed by atoms with Crippen molar-refractivity contribution in [3.63, 3.8) is 0 Å². The second-order valence-electron chi connectivity index (χ2n) is 8.54. The number of ether oxygens (including phenoxy) is 1. The second-order valence-corrected chi connectivity index (χ2v) is 8.54. The van der Waals surface area contributed by atoms with Gasteiger partial charge in [-0.2, -0.15) is 0 Å². The predicted molar refractivity (Wildman–Crippen MR) is 129 cm³/mol. The number of hydrogen-bond donors (Lipinski definition) is 1. The molecule has 0 spiro atoms. The number of nitrogens with one attached hydrogen (secondary N) is 1. The third kappa shape index (κ3) is 5.93. The zero-order valence-electron chi connectivity index (χ0n) is 19.6. The molecule has 1 amide bonds. The maximum absolute atomic E-state index is 12.6. The highest BCUT2D eigenvalue weighted by molar-refractivity contribution is 5.94. The molecule has 0 unspecified atom stereocenters. The van der Waals surface area contributed by atoms with Crippen LogP contribution >= 0.6 is 0 Å². The van der Waals surface area contributed by atoms with Gasteiger partial charge in [-0.05, 0) is 56.7 Å². The second kappa shape index (κ2) is 10.5. The summed E-state index contributed by atoms with van der Waals surface area (Å²) < 4.78 is 11.0. The molecule has 1 aromatic heterocycles. The molecule has 0 saturated carbocycles. The van der Waals surface area contributed by atoms with Crippen LogP contribution in [0.5, 0.6) is 5.75 Å². The molecule has 174 valence electrons. The molecule has 7 nitrogen and oxygen atoms in total.